The van der Waals surface area contributed by atoms with Crippen LogP contribution in [-0.4, -0.2) is 59.2 Å². The summed E-state index contributed by atoms with van der Waals surface area (Å²) in [5, 5.41) is 13.5. The van der Waals surface area contributed by atoms with Crippen molar-refractivity contribution in [3.8, 4) is 17.2 Å². The average Bonchev–Trinajstić information content (AvgIpc) is 3.43. The molecule has 4 aromatic rings. The number of hydrogen-bond donors (Lipinski definition) is 3. The van der Waals surface area contributed by atoms with E-state index in [-0.39, 0.29) is 22.5 Å². The number of sulfonamides is 1. The first-order valence-electron chi connectivity index (χ1n) is 18.5. The van der Waals surface area contributed by atoms with Crippen molar-refractivity contribution in [2.24, 2.45) is 0 Å². The summed E-state index contributed by atoms with van der Waals surface area (Å²) < 4.78 is 40.3. The molecule has 0 spiro atoms. The van der Waals surface area contributed by atoms with Gasteiger partial charge in [-0.05, 0) is 113 Å². The second-order valence-corrected chi connectivity index (χ2v) is 17.4. The van der Waals surface area contributed by atoms with Crippen molar-refractivity contribution in [3.05, 3.63) is 109 Å². The van der Waals surface area contributed by atoms with Crippen molar-refractivity contribution < 1.29 is 32.6 Å². The van der Waals surface area contributed by atoms with E-state index in [1.54, 1.807) is 54.6 Å². The first-order chi connectivity index (χ1) is 26.9. The van der Waals surface area contributed by atoms with Crippen LogP contribution in [0.4, 0.5) is 5.69 Å². The molecule has 14 heteroatoms. The second-order valence-electron chi connectivity index (χ2n) is 13.5. The number of hydrogen-bond acceptors (Lipinski definition) is 7. The highest BCUT2D eigenvalue weighted by atomic mass is 79.9. The van der Waals surface area contributed by atoms with Crippen LogP contribution in [0.25, 0.3) is 11.6 Å². The Morgan fingerprint density at radius 2 is 1.52 bits per heavy atom. The van der Waals surface area contributed by atoms with Gasteiger partial charge in [-0.1, -0.05) is 78.2 Å². The largest absolute Gasteiger partial charge is 0.503 e. The molecular weight excluding hydrogens is 886 g/mol. The van der Waals surface area contributed by atoms with Crippen LogP contribution < -0.4 is 24.4 Å². The number of rotatable bonds is 20. The highest BCUT2D eigenvalue weighted by Crippen LogP contribution is 2.41. The van der Waals surface area contributed by atoms with Gasteiger partial charge in [-0.15, -0.1) is 0 Å². The molecule has 3 N–H and O–H groups in total. The van der Waals surface area contributed by atoms with E-state index < -0.39 is 10.0 Å². The summed E-state index contributed by atoms with van der Waals surface area (Å²) in [6.07, 6.45) is 10.2. The molecule has 0 bridgehead atoms. The predicted molar refractivity (Wildman–Crippen MR) is 229 cm³/mol. The Bertz CT molecular complexity index is 2160. The summed E-state index contributed by atoms with van der Waals surface area (Å²) in [5.74, 6) is 0.415. The first-order valence-corrected chi connectivity index (χ1v) is 22.0. The topological polar surface area (TPSA) is 134 Å². The lowest BCUT2D eigenvalue weighted by atomic mass is 10.0. The summed E-state index contributed by atoms with van der Waals surface area (Å²) >= 11 is 12.9. The van der Waals surface area contributed by atoms with E-state index in [4.69, 9.17) is 21.1 Å². The fourth-order valence-corrected chi connectivity index (χ4v) is 8.61. The van der Waals surface area contributed by atoms with Crippen LogP contribution in [0.3, 0.4) is 0 Å². The number of unbranched alkanes of at least 4 members (excludes halogenated alkanes) is 7. The highest BCUT2D eigenvalue weighted by molar-refractivity contribution is 9.10. The van der Waals surface area contributed by atoms with Crippen molar-refractivity contribution in [2.45, 2.75) is 62.7 Å². The molecule has 0 atom stereocenters. The molecular formula is C42H46Br2ClN3O7S. The third-order valence-electron chi connectivity index (χ3n) is 9.54. The van der Waals surface area contributed by atoms with Gasteiger partial charge >= 0.3 is 0 Å². The molecule has 1 aliphatic heterocycles. The van der Waals surface area contributed by atoms with Crippen molar-refractivity contribution in [3.63, 3.8) is 0 Å². The van der Waals surface area contributed by atoms with Crippen molar-refractivity contribution in [1.82, 2.24) is 10.0 Å². The van der Waals surface area contributed by atoms with E-state index in [9.17, 15) is 23.1 Å². The van der Waals surface area contributed by atoms with E-state index in [1.165, 1.54) is 14.2 Å². The molecule has 1 heterocycles. The maximum atomic E-state index is 13.6. The zero-order valence-electron chi connectivity index (χ0n) is 31.4. The molecule has 4 aromatic carbocycles. The molecule has 0 fully saturated rings. The Hall–Kier alpha value is -3.88. The molecule has 298 valence electrons. The Kier molecular flexibility index (Phi) is 15.8. The number of halogens is 3. The Morgan fingerprint density at radius 3 is 2.21 bits per heavy atom. The number of phenols is 1. The molecule has 0 aromatic heterocycles. The van der Waals surface area contributed by atoms with E-state index in [2.05, 4.69) is 41.9 Å². The lowest BCUT2D eigenvalue weighted by Gasteiger charge is -2.17. The Balaban J connectivity index is 0.968. The predicted octanol–water partition coefficient (Wildman–Crippen LogP) is 9.55. The SMILES string of the molecule is COc1ccc(Cl)cc1C(=O)NCCc1ccc(S(=O)(=O)NCCCCCCCCCCN2C(=O)/C(=C/c3cc(Br)c(O)c(OC)c3)c3cc(Br)ccc32)cc1. The van der Waals surface area contributed by atoms with Crippen LogP contribution in [-0.2, 0) is 21.2 Å². The number of amides is 2. The minimum Gasteiger partial charge on any atom is -0.503 e. The number of ether oxygens (including phenoxy) is 2. The van der Waals surface area contributed by atoms with Gasteiger partial charge in [0, 0.05) is 40.3 Å². The molecule has 1 aliphatic rings. The summed E-state index contributed by atoms with van der Waals surface area (Å²) in [5.41, 5.74) is 4.32. The summed E-state index contributed by atoms with van der Waals surface area (Å²) in [6.45, 7) is 1.36. The molecule has 0 unspecified atom stereocenters. The molecule has 5 rings (SSSR count). The van der Waals surface area contributed by atoms with Gasteiger partial charge in [0.1, 0.15) is 5.75 Å². The van der Waals surface area contributed by atoms with Crippen LogP contribution in [0.1, 0.15) is 78.4 Å². The summed E-state index contributed by atoms with van der Waals surface area (Å²) in [4.78, 5) is 28.3. The van der Waals surface area contributed by atoms with E-state index >= 15 is 0 Å². The molecule has 0 aliphatic carbocycles. The van der Waals surface area contributed by atoms with E-state index in [1.807, 2.05) is 29.2 Å². The standard InChI is InChI=1S/C42H46Br2ClN3O7S/c1-54-38-18-14-31(45)27-35(38)41(50)46-21-19-28-11-15-32(16-12-28)56(52,53)47-20-9-7-5-3-4-6-8-10-22-48-37-17-13-30(43)26-33(37)34(42(48)51)23-29-24-36(44)40(49)39(25-29)55-2/h11-18,23-27,47,49H,3-10,19-22H2,1-2H3,(H,46,50)/b34-23+. The van der Waals surface area contributed by atoms with Crippen LogP contribution >= 0.6 is 43.5 Å². The van der Waals surface area contributed by atoms with Gasteiger partial charge < -0.3 is 24.8 Å². The third-order valence-corrected chi connectivity index (χ3v) is 12.3. The second kappa shape index (κ2) is 20.5. The van der Waals surface area contributed by atoms with Crippen molar-refractivity contribution in [2.75, 3.05) is 38.8 Å². The quantitative estimate of drug-likeness (QED) is 0.0594. The van der Waals surface area contributed by atoms with Crippen molar-refractivity contribution in [1.29, 1.82) is 0 Å². The first kappa shape index (κ1) is 43.2. The van der Waals surface area contributed by atoms with Crippen LogP contribution in [0.5, 0.6) is 17.2 Å². The number of phenolic OH excluding ortho intramolecular Hbond substituents is 1. The molecule has 10 nitrogen and oxygen atoms in total. The Labute approximate surface area is 350 Å². The van der Waals surface area contributed by atoms with Gasteiger partial charge in [-0.25, -0.2) is 13.1 Å². The minimum absolute atomic E-state index is 0.00967. The van der Waals surface area contributed by atoms with E-state index in [0.717, 1.165) is 78.2 Å². The maximum absolute atomic E-state index is 13.6. The number of methoxy groups -OCH3 is 2. The van der Waals surface area contributed by atoms with Gasteiger partial charge in [-0.2, -0.15) is 0 Å². The monoisotopic (exact) mass is 929 g/mol. The lowest BCUT2D eigenvalue weighted by Crippen LogP contribution is -2.27. The molecule has 2 amide bonds. The normalized spacial score (nSPS) is 13.3. The summed E-state index contributed by atoms with van der Waals surface area (Å²) in [7, 11) is -0.642. The lowest BCUT2D eigenvalue weighted by molar-refractivity contribution is -0.113. The zero-order valence-corrected chi connectivity index (χ0v) is 36.1. The number of carbonyl (C=O) groups is 2. The number of nitrogens with zero attached hydrogens (tertiary/aromatic N) is 1. The summed E-state index contributed by atoms with van der Waals surface area (Å²) in [6, 6.07) is 20.9. The number of carbonyl (C=O) groups excluding carboxylic acids is 2. The number of nitrogens with one attached hydrogen (secondary N) is 2. The number of fused-ring (bicyclic) bond motifs is 1. The zero-order chi connectivity index (χ0) is 40.2. The molecule has 0 saturated heterocycles. The molecule has 0 saturated carbocycles. The van der Waals surface area contributed by atoms with Gasteiger partial charge in [0.05, 0.1) is 34.8 Å². The average molecular weight is 932 g/mol. The minimum atomic E-state index is -3.62. The van der Waals surface area contributed by atoms with Crippen LogP contribution in [0, 0.1) is 0 Å². The smallest absolute Gasteiger partial charge is 0.258 e. The molecule has 56 heavy (non-hydrogen) atoms. The molecule has 0 radical (unpaired) electrons. The van der Waals surface area contributed by atoms with Crippen LogP contribution in [0.15, 0.2) is 86.6 Å². The van der Waals surface area contributed by atoms with Crippen molar-refractivity contribution >= 4 is 82.6 Å². The van der Waals surface area contributed by atoms with Gasteiger partial charge in [0.25, 0.3) is 11.8 Å². The van der Waals surface area contributed by atoms with Gasteiger partial charge in [-0.3, -0.25) is 9.59 Å². The number of benzene rings is 4. The fraction of sp³-hybridized carbons (Fsp3) is 0.333. The van der Waals surface area contributed by atoms with Crippen LogP contribution in [0.2, 0.25) is 5.02 Å². The highest BCUT2D eigenvalue weighted by Gasteiger charge is 2.32. The van der Waals surface area contributed by atoms with E-state index in [0.29, 0.717) is 58.2 Å². The third kappa shape index (κ3) is 11.4. The van der Waals surface area contributed by atoms with Gasteiger partial charge in [0.15, 0.2) is 11.5 Å². The maximum Gasteiger partial charge on any atom is 0.258 e. The Morgan fingerprint density at radius 1 is 0.839 bits per heavy atom. The van der Waals surface area contributed by atoms with Gasteiger partial charge in [0.2, 0.25) is 10.0 Å². The number of aromatic hydroxyl groups is 1. The number of anilines is 1. The fourth-order valence-electron chi connectivity index (χ4n) is 6.54.